The van der Waals surface area contributed by atoms with Crippen LogP contribution in [-0.4, -0.2) is 37.7 Å². The number of alkyl halides is 3. The molecule has 11 heteroatoms. The fraction of sp³-hybridized carbons (Fsp3) is 0.158. The van der Waals surface area contributed by atoms with Gasteiger partial charge in [0.05, 0.1) is 5.57 Å². The van der Waals surface area contributed by atoms with Gasteiger partial charge in [0.1, 0.15) is 0 Å². The van der Waals surface area contributed by atoms with E-state index in [1.54, 1.807) is 0 Å². The van der Waals surface area contributed by atoms with Gasteiger partial charge in [-0.1, -0.05) is 15.9 Å². The van der Waals surface area contributed by atoms with Crippen molar-refractivity contribution < 1.29 is 18.0 Å². The van der Waals surface area contributed by atoms with E-state index in [4.69, 9.17) is 5.41 Å². The van der Waals surface area contributed by atoms with Crippen molar-refractivity contribution in [3.05, 3.63) is 57.3 Å². The summed E-state index contributed by atoms with van der Waals surface area (Å²) in [6.07, 6.45) is -3.21. The lowest BCUT2D eigenvalue weighted by Crippen LogP contribution is -2.35. The van der Waals surface area contributed by atoms with Gasteiger partial charge in [-0.25, -0.2) is 0 Å². The zero-order chi connectivity index (χ0) is 21.8. The van der Waals surface area contributed by atoms with Gasteiger partial charge in [-0.15, -0.1) is 0 Å². The van der Waals surface area contributed by atoms with Crippen molar-refractivity contribution >= 4 is 55.7 Å². The minimum absolute atomic E-state index is 0.123. The number of nitrogens with one attached hydrogen (secondary N) is 1. The predicted molar refractivity (Wildman–Crippen MR) is 114 cm³/mol. The Morgan fingerprint density at radius 1 is 1.20 bits per heavy atom. The minimum atomic E-state index is -4.67. The van der Waals surface area contributed by atoms with Crippen LogP contribution >= 0.6 is 27.7 Å². The van der Waals surface area contributed by atoms with Gasteiger partial charge in [-0.3, -0.25) is 10.2 Å². The zero-order valence-electron chi connectivity index (χ0n) is 15.6. The molecule has 3 heterocycles. The Bertz CT molecular complexity index is 1180. The first kappa shape index (κ1) is 20.6. The molecule has 2 aromatic rings. The van der Waals surface area contributed by atoms with Crippen molar-refractivity contribution in [1.82, 2.24) is 9.58 Å². The fourth-order valence-corrected chi connectivity index (χ4v) is 4.21. The molecular formula is C19H13BrF3N5OS. The maximum atomic E-state index is 12.9. The van der Waals surface area contributed by atoms with E-state index in [0.29, 0.717) is 5.56 Å². The van der Waals surface area contributed by atoms with E-state index in [-0.39, 0.29) is 22.5 Å². The zero-order valence-corrected chi connectivity index (χ0v) is 18.0. The second-order valence-corrected chi connectivity index (χ2v) is 8.43. The van der Waals surface area contributed by atoms with E-state index < -0.39 is 23.0 Å². The van der Waals surface area contributed by atoms with Gasteiger partial charge in [0.15, 0.2) is 5.84 Å². The average Bonchev–Trinajstić information content (AvgIpc) is 3.21. The summed E-state index contributed by atoms with van der Waals surface area (Å²) in [4.78, 5) is 16.1. The Morgan fingerprint density at radius 2 is 1.87 bits per heavy atom. The van der Waals surface area contributed by atoms with E-state index in [1.165, 1.54) is 6.08 Å². The van der Waals surface area contributed by atoms with Crippen molar-refractivity contribution in [2.75, 3.05) is 0 Å². The Labute approximate surface area is 181 Å². The highest BCUT2D eigenvalue weighted by molar-refractivity contribution is 9.10. The molecule has 2 aliphatic rings. The van der Waals surface area contributed by atoms with E-state index >= 15 is 0 Å². The molecule has 0 fully saturated rings. The SMILES string of the molecule is Cc1cc(/C=C2/C(=N)N3N=C(C(F)(F)F)SC3=NC2=O)c(C)n1-c1ccc(Br)cc1. The number of aliphatic imine (C=N–C) groups is 1. The molecule has 4 rings (SSSR count). The molecule has 1 N–H and O–H groups in total. The van der Waals surface area contributed by atoms with E-state index in [9.17, 15) is 18.0 Å². The molecule has 0 aliphatic carbocycles. The third-order valence-corrected chi connectivity index (χ3v) is 6.03. The molecule has 0 unspecified atom stereocenters. The summed E-state index contributed by atoms with van der Waals surface area (Å²) >= 11 is 3.63. The molecule has 2 aliphatic heterocycles. The molecule has 0 saturated carbocycles. The highest BCUT2D eigenvalue weighted by atomic mass is 79.9. The Morgan fingerprint density at radius 3 is 2.50 bits per heavy atom. The van der Waals surface area contributed by atoms with Crippen LogP contribution in [0, 0.1) is 19.3 Å². The number of amidine groups is 2. The van der Waals surface area contributed by atoms with Crippen molar-refractivity contribution in [3.8, 4) is 5.69 Å². The summed E-state index contributed by atoms with van der Waals surface area (Å²) in [5, 5.41) is 11.0. The highest BCUT2D eigenvalue weighted by Gasteiger charge is 2.46. The number of hydrazone groups is 1. The number of hydrogen-bond acceptors (Lipinski definition) is 4. The Balaban J connectivity index is 1.74. The molecule has 0 saturated heterocycles. The van der Waals surface area contributed by atoms with Gasteiger partial charge < -0.3 is 4.57 Å². The molecule has 0 radical (unpaired) electrons. The Hall–Kier alpha value is -2.66. The van der Waals surface area contributed by atoms with Crippen LogP contribution in [0.2, 0.25) is 0 Å². The number of nitrogens with zero attached hydrogens (tertiary/aromatic N) is 4. The molecule has 1 amide bonds. The third kappa shape index (κ3) is 3.52. The number of aryl methyl sites for hydroxylation is 1. The maximum Gasteiger partial charge on any atom is 0.441 e. The van der Waals surface area contributed by atoms with Crippen LogP contribution in [0.1, 0.15) is 17.0 Å². The first-order valence-electron chi connectivity index (χ1n) is 8.58. The van der Waals surface area contributed by atoms with Crippen LogP contribution in [0.3, 0.4) is 0 Å². The topological polar surface area (TPSA) is 73.8 Å². The van der Waals surface area contributed by atoms with Gasteiger partial charge >= 0.3 is 6.18 Å². The lowest BCUT2D eigenvalue weighted by atomic mass is 10.1. The van der Waals surface area contributed by atoms with Crippen LogP contribution in [0.5, 0.6) is 0 Å². The van der Waals surface area contributed by atoms with Gasteiger partial charge in [-0.05, 0) is 67.6 Å². The van der Waals surface area contributed by atoms with Crippen LogP contribution in [0.15, 0.2) is 50.5 Å². The number of amides is 1. The average molecular weight is 496 g/mol. The van der Waals surface area contributed by atoms with Crippen molar-refractivity contribution in [2.45, 2.75) is 20.0 Å². The molecule has 0 atom stereocenters. The van der Waals surface area contributed by atoms with Crippen molar-refractivity contribution in [2.24, 2.45) is 10.1 Å². The standard InChI is InChI=1S/C19H13BrF3N5OS/c1-9-7-11(10(2)27(9)13-5-3-12(20)4-6-13)8-14-15(24)28-18(25-16(14)29)30-17(26-28)19(21,22)23/h3-8,24H,1-2H3/b14-8-,24-15?. The summed E-state index contributed by atoms with van der Waals surface area (Å²) in [7, 11) is 0. The summed E-state index contributed by atoms with van der Waals surface area (Å²) in [6, 6.07) is 9.52. The molecule has 154 valence electrons. The first-order chi connectivity index (χ1) is 14.1. The lowest BCUT2D eigenvalue weighted by molar-refractivity contribution is -0.114. The number of carbonyl (C=O) groups is 1. The molecule has 0 bridgehead atoms. The van der Waals surface area contributed by atoms with Gasteiger partial charge in [-0.2, -0.15) is 28.3 Å². The monoisotopic (exact) mass is 495 g/mol. The summed E-state index contributed by atoms with van der Waals surface area (Å²) in [5.74, 6) is -1.21. The second kappa shape index (κ2) is 7.24. The number of thioether (sulfide) groups is 1. The van der Waals surface area contributed by atoms with Crippen molar-refractivity contribution in [1.29, 1.82) is 5.41 Å². The molecule has 30 heavy (non-hydrogen) atoms. The van der Waals surface area contributed by atoms with Crippen LogP contribution < -0.4 is 0 Å². The number of benzene rings is 1. The van der Waals surface area contributed by atoms with Gasteiger partial charge in [0.25, 0.3) is 5.91 Å². The van der Waals surface area contributed by atoms with E-state index in [2.05, 4.69) is 26.0 Å². The smallest absolute Gasteiger partial charge is 0.318 e. The predicted octanol–water partition coefficient (Wildman–Crippen LogP) is 5.04. The molecule has 6 nitrogen and oxygen atoms in total. The molecule has 1 aromatic heterocycles. The highest BCUT2D eigenvalue weighted by Crippen LogP contribution is 2.35. The Kier molecular flexibility index (Phi) is 4.97. The summed E-state index contributed by atoms with van der Waals surface area (Å²) in [5.41, 5.74) is 3.16. The van der Waals surface area contributed by atoms with Crippen LogP contribution in [-0.2, 0) is 4.79 Å². The quantitative estimate of drug-likeness (QED) is 0.593. The molecule has 0 spiro atoms. The van der Waals surface area contributed by atoms with Gasteiger partial charge in [0.2, 0.25) is 10.2 Å². The van der Waals surface area contributed by atoms with E-state index in [1.807, 2.05) is 48.7 Å². The minimum Gasteiger partial charge on any atom is -0.318 e. The number of halogens is 4. The largest absolute Gasteiger partial charge is 0.441 e. The van der Waals surface area contributed by atoms with Crippen LogP contribution in [0.25, 0.3) is 11.8 Å². The molecule has 1 aromatic carbocycles. The van der Waals surface area contributed by atoms with Crippen molar-refractivity contribution in [3.63, 3.8) is 0 Å². The molecular weight excluding hydrogens is 483 g/mol. The van der Waals surface area contributed by atoms with E-state index in [0.717, 1.165) is 26.6 Å². The number of hydrogen-bond donors (Lipinski definition) is 1. The number of fused-ring (bicyclic) bond motifs is 1. The summed E-state index contributed by atoms with van der Waals surface area (Å²) in [6.45, 7) is 3.76. The summed E-state index contributed by atoms with van der Waals surface area (Å²) < 4.78 is 41.8. The third-order valence-electron chi connectivity index (χ3n) is 4.55. The number of aromatic nitrogens is 1. The second-order valence-electron chi connectivity index (χ2n) is 6.56. The normalized spacial score (nSPS) is 18.1. The van der Waals surface area contributed by atoms with Gasteiger partial charge in [0, 0.05) is 21.5 Å². The number of rotatable bonds is 2. The number of carbonyl (C=O) groups excluding carboxylic acids is 1. The maximum absolute atomic E-state index is 12.9. The first-order valence-corrected chi connectivity index (χ1v) is 10.2. The van der Waals surface area contributed by atoms with Crippen LogP contribution in [0.4, 0.5) is 13.2 Å². The lowest BCUT2D eigenvalue weighted by Gasteiger charge is -2.20. The fourth-order valence-electron chi connectivity index (χ4n) is 3.18.